The third-order valence-electron chi connectivity index (χ3n) is 3.28. The van der Waals surface area contributed by atoms with Gasteiger partial charge in [0.25, 0.3) is 0 Å². The molecule has 20 heavy (non-hydrogen) atoms. The van der Waals surface area contributed by atoms with E-state index in [1.807, 2.05) is 26.1 Å². The molecule has 1 atom stereocenters. The van der Waals surface area contributed by atoms with Crippen molar-refractivity contribution in [3.05, 3.63) is 63.6 Å². The highest BCUT2D eigenvalue weighted by molar-refractivity contribution is 9.10. The molecule has 0 radical (unpaired) electrons. The summed E-state index contributed by atoms with van der Waals surface area (Å²) in [5, 5.41) is 3.38. The number of aryl methyl sites for hydroxylation is 1. The number of halogens is 1. The van der Waals surface area contributed by atoms with Crippen LogP contribution in [0.5, 0.6) is 5.75 Å². The first-order chi connectivity index (χ1) is 9.65. The molecule has 0 fully saturated rings. The first-order valence-electron chi connectivity index (χ1n) is 6.81. The highest BCUT2D eigenvalue weighted by Gasteiger charge is 2.14. The van der Waals surface area contributed by atoms with Crippen LogP contribution < -0.4 is 10.1 Å². The van der Waals surface area contributed by atoms with E-state index in [4.69, 9.17) is 4.74 Å². The van der Waals surface area contributed by atoms with Crippen molar-refractivity contribution >= 4 is 15.9 Å². The molecule has 0 bridgehead atoms. The van der Waals surface area contributed by atoms with Crippen molar-refractivity contribution in [2.45, 2.75) is 19.9 Å². The lowest BCUT2D eigenvalue weighted by molar-refractivity contribution is 0.340. The lowest BCUT2D eigenvalue weighted by atomic mass is 9.98. The molecule has 0 saturated carbocycles. The third-order valence-corrected chi connectivity index (χ3v) is 3.97. The van der Waals surface area contributed by atoms with Crippen molar-refractivity contribution in [3.8, 4) is 5.75 Å². The maximum atomic E-state index is 5.49. The molecule has 0 aliphatic heterocycles. The van der Waals surface area contributed by atoms with E-state index in [2.05, 4.69) is 58.5 Å². The van der Waals surface area contributed by atoms with Gasteiger partial charge in [-0.1, -0.05) is 40.2 Å². The average molecular weight is 334 g/mol. The fourth-order valence-electron chi connectivity index (χ4n) is 2.29. The zero-order valence-corrected chi connectivity index (χ0v) is 13.7. The summed E-state index contributed by atoms with van der Waals surface area (Å²) in [6.45, 7) is 4.78. The quantitative estimate of drug-likeness (QED) is 0.871. The SMILES string of the molecule is CCOc1ccc(C(NC)c2ccc(C)cc2Br)cc1. The largest absolute Gasteiger partial charge is 0.494 e. The standard InChI is InChI=1S/C17H20BrNO/c1-4-20-14-8-6-13(7-9-14)17(19-3)15-10-5-12(2)11-16(15)18/h5-11,17,19H,4H2,1-3H3. The molecule has 2 rings (SSSR count). The van der Waals surface area contributed by atoms with E-state index in [-0.39, 0.29) is 6.04 Å². The molecule has 0 spiro atoms. The normalized spacial score (nSPS) is 12.2. The summed E-state index contributed by atoms with van der Waals surface area (Å²) in [6.07, 6.45) is 0. The highest BCUT2D eigenvalue weighted by atomic mass is 79.9. The topological polar surface area (TPSA) is 21.3 Å². The zero-order valence-electron chi connectivity index (χ0n) is 12.1. The van der Waals surface area contributed by atoms with Crippen molar-refractivity contribution in [2.75, 3.05) is 13.7 Å². The molecule has 1 N–H and O–H groups in total. The van der Waals surface area contributed by atoms with Crippen LogP contribution in [-0.2, 0) is 0 Å². The summed E-state index contributed by atoms with van der Waals surface area (Å²) in [5.74, 6) is 0.911. The Bertz CT molecular complexity index is 566. The molecule has 1 unspecified atom stereocenters. The predicted molar refractivity (Wildman–Crippen MR) is 87.4 cm³/mol. The van der Waals surface area contributed by atoms with Gasteiger partial charge in [-0.3, -0.25) is 0 Å². The van der Waals surface area contributed by atoms with Gasteiger partial charge in [-0.15, -0.1) is 0 Å². The molecule has 2 aromatic carbocycles. The maximum absolute atomic E-state index is 5.49. The van der Waals surface area contributed by atoms with Crippen LogP contribution in [0.4, 0.5) is 0 Å². The lowest BCUT2D eigenvalue weighted by Gasteiger charge is -2.19. The average Bonchev–Trinajstić information content (AvgIpc) is 2.44. The monoisotopic (exact) mass is 333 g/mol. The number of ether oxygens (including phenoxy) is 1. The second-order valence-electron chi connectivity index (χ2n) is 4.75. The van der Waals surface area contributed by atoms with Gasteiger partial charge in [-0.25, -0.2) is 0 Å². The van der Waals surface area contributed by atoms with Crippen LogP contribution in [0.2, 0.25) is 0 Å². The molecular formula is C17H20BrNO. The van der Waals surface area contributed by atoms with Crippen molar-refractivity contribution in [3.63, 3.8) is 0 Å². The van der Waals surface area contributed by atoms with Gasteiger partial charge < -0.3 is 10.1 Å². The van der Waals surface area contributed by atoms with E-state index in [1.165, 1.54) is 16.7 Å². The van der Waals surface area contributed by atoms with Gasteiger partial charge in [-0.05, 0) is 55.8 Å². The maximum Gasteiger partial charge on any atom is 0.119 e. The number of nitrogens with one attached hydrogen (secondary N) is 1. The fourth-order valence-corrected chi connectivity index (χ4v) is 3.01. The van der Waals surface area contributed by atoms with Crippen LogP contribution in [0.3, 0.4) is 0 Å². The molecule has 0 aromatic heterocycles. The Morgan fingerprint density at radius 3 is 2.40 bits per heavy atom. The summed E-state index contributed by atoms with van der Waals surface area (Å²) in [6, 6.07) is 14.9. The van der Waals surface area contributed by atoms with Crippen LogP contribution in [0.1, 0.15) is 29.7 Å². The number of benzene rings is 2. The number of rotatable bonds is 5. The Hall–Kier alpha value is -1.32. The van der Waals surface area contributed by atoms with Gasteiger partial charge in [0.15, 0.2) is 0 Å². The molecule has 0 amide bonds. The minimum absolute atomic E-state index is 0.167. The second kappa shape index (κ2) is 6.91. The van der Waals surface area contributed by atoms with Gasteiger partial charge >= 0.3 is 0 Å². The van der Waals surface area contributed by atoms with Gasteiger partial charge in [-0.2, -0.15) is 0 Å². The van der Waals surface area contributed by atoms with E-state index < -0.39 is 0 Å². The Morgan fingerprint density at radius 2 is 1.85 bits per heavy atom. The van der Waals surface area contributed by atoms with E-state index in [0.717, 1.165) is 10.2 Å². The summed E-state index contributed by atoms with van der Waals surface area (Å²) in [7, 11) is 1.98. The van der Waals surface area contributed by atoms with Gasteiger partial charge in [0.2, 0.25) is 0 Å². The summed E-state index contributed by atoms with van der Waals surface area (Å²) in [4.78, 5) is 0. The molecule has 0 aliphatic rings. The highest BCUT2D eigenvalue weighted by Crippen LogP contribution is 2.30. The third kappa shape index (κ3) is 3.41. The van der Waals surface area contributed by atoms with Crippen molar-refractivity contribution < 1.29 is 4.74 Å². The van der Waals surface area contributed by atoms with Gasteiger partial charge in [0.05, 0.1) is 12.6 Å². The molecule has 106 valence electrons. The van der Waals surface area contributed by atoms with E-state index >= 15 is 0 Å². The van der Waals surface area contributed by atoms with Crippen molar-refractivity contribution in [1.82, 2.24) is 5.32 Å². The number of hydrogen-bond donors (Lipinski definition) is 1. The van der Waals surface area contributed by atoms with Gasteiger partial charge in [0, 0.05) is 4.47 Å². The summed E-state index contributed by atoms with van der Waals surface area (Å²) >= 11 is 3.66. The Labute approximate surface area is 129 Å². The number of hydrogen-bond acceptors (Lipinski definition) is 2. The first kappa shape index (κ1) is 15.1. The van der Waals surface area contributed by atoms with E-state index in [9.17, 15) is 0 Å². The van der Waals surface area contributed by atoms with E-state index in [1.54, 1.807) is 0 Å². The Balaban J connectivity index is 2.31. The molecule has 0 aliphatic carbocycles. The zero-order chi connectivity index (χ0) is 14.5. The molecule has 2 aromatic rings. The minimum Gasteiger partial charge on any atom is -0.494 e. The van der Waals surface area contributed by atoms with Crippen LogP contribution >= 0.6 is 15.9 Å². The summed E-state index contributed by atoms with van der Waals surface area (Å²) in [5.41, 5.74) is 3.71. The van der Waals surface area contributed by atoms with Crippen molar-refractivity contribution in [2.24, 2.45) is 0 Å². The molecule has 0 heterocycles. The lowest BCUT2D eigenvalue weighted by Crippen LogP contribution is -2.18. The fraction of sp³-hybridized carbons (Fsp3) is 0.294. The smallest absolute Gasteiger partial charge is 0.119 e. The van der Waals surface area contributed by atoms with E-state index in [0.29, 0.717) is 6.61 Å². The second-order valence-corrected chi connectivity index (χ2v) is 5.60. The van der Waals surface area contributed by atoms with Crippen LogP contribution in [0, 0.1) is 6.92 Å². The molecule has 0 saturated heterocycles. The van der Waals surface area contributed by atoms with Crippen molar-refractivity contribution in [1.29, 1.82) is 0 Å². The summed E-state index contributed by atoms with van der Waals surface area (Å²) < 4.78 is 6.62. The predicted octanol–water partition coefficient (Wildman–Crippen LogP) is 4.47. The van der Waals surface area contributed by atoms with Crippen LogP contribution in [-0.4, -0.2) is 13.7 Å². The molecular weight excluding hydrogens is 314 g/mol. The first-order valence-corrected chi connectivity index (χ1v) is 7.61. The van der Waals surface area contributed by atoms with Gasteiger partial charge in [0.1, 0.15) is 5.75 Å². The Morgan fingerprint density at radius 1 is 1.15 bits per heavy atom. The molecule has 2 nitrogen and oxygen atoms in total. The van der Waals surface area contributed by atoms with Crippen LogP contribution in [0.25, 0.3) is 0 Å². The Kier molecular flexibility index (Phi) is 5.21. The molecule has 3 heteroatoms. The van der Waals surface area contributed by atoms with Crippen LogP contribution in [0.15, 0.2) is 46.9 Å². The minimum atomic E-state index is 0.167.